The molecule has 0 aliphatic carbocycles. The molecular weight excluding hydrogens is 263 g/mol. The quantitative estimate of drug-likeness (QED) is 0.826. The van der Waals surface area contributed by atoms with E-state index in [0.29, 0.717) is 0 Å². The first-order valence-electron chi connectivity index (χ1n) is 5.52. The van der Waals surface area contributed by atoms with Crippen LogP contribution in [0.5, 0.6) is 5.75 Å². The molecule has 1 rings (SSSR count). The maximum Gasteiger partial charge on any atom is 0.379 e. The Labute approximate surface area is 108 Å². The second kappa shape index (κ2) is 5.48. The predicted octanol–water partition coefficient (Wildman–Crippen LogP) is 2.04. The number of phenolic OH excluding ortho intramolecular Hbond substituents is 1. The first-order chi connectivity index (χ1) is 8.73. The van der Waals surface area contributed by atoms with Crippen LogP contribution in [0, 0.1) is 12.7 Å². The number of carbonyl (C=O) groups is 1. The molecule has 0 bridgehead atoms. The van der Waals surface area contributed by atoms with Gasteiger partial charge in [0.05, 0.1) is 6.61 Å². The second-order valence-corrected chi connectivity index (χ2v) is 3.96. The van der Waals surface area contributed by atoms with Crippen LogP contribution < -0.4 is 5.73 Å². The molecule has 0 radical (unpaired) electrons. The van der Waals surface area contributed by atoms with Gasteiger partial charge in [-0.2, -0.15) is 8.78 Å². The van der Waals surface area contributed by atoms with Gasteiger partial charge in [0.2, 0.25) is 0 Å². The van der Waals surface area contributed by atoms with E-state index in [2.05, 4.69) is 4.74 Å². The average Bonchev–Trinajstić information content (AvgIpc) is 2.35. The number of esters is 1. The van der Waals surface area contributed by atoms with Crippen molar-refractivity contribution in [2.45, 2.75) is 25.8 Å². The fourth-order valence-electron chi connectivity index (χ4n) is 1.48. The van der Waals surface area contributed by atoms with Crippen LogP contribution in [0.2, 0.25) is 0 Å². The lowest BCUT2D eigenvalue weighted by atomic mass is 9.98. The molecule has 0 saturated heterocycles. The summed E-state index contributed by atoms with van der Waals surface area (Å²) in [5, 5.41) is 9.48. The smallest absolute Gasteiger partial charge is 0.379 e. The van der Waals surface area contributed by atoms with Gasteiger partial charge in [-0.25, -0.2) is 9.18 Å². The molecular formula is C12H14F3NO3. The molecule has 1 aromatic rings. The second-order valence-electron chi connectivity index (χ2n) is 3.96. The number of benzene rings is 1. The van der Waals surface area contributed by atoms with Gasteiger partial charge >= 0.3 is 11.9 Å². The Balaban J connectivity index is 3.16. The number of aryl methyl sites for hydroxylation is 1. The van der Waals surface area contributed by atoms with Crippen LogP contribution in [0.1, 0.15) is 24.1 Å². The van der Waals surface area contributed by atoms with E-state index in [1.54, 1.807) is 0 Å². The highest BCUT2D eigenvalue weighted by atomic mass is 19.3. The minimum atomic E-state index is -4.06. The van der Waals surface area contributed by atoms with Crippen molar-refractivity contribution in [2.75, 3.05) is 6.61 Å². The molecule has 1 aromatic carbocycles. The number of alkyl halides is 2. The number of nitrogens with two attached hydrogens (primary N) is 1. The van der Waals surface area contributed by atoms with Crippen molar-refractivity contribution < 1.29 is 27.8 Å². The van der Waals surface area contributed by atoms with E-state index in [-0.39, 0.29) is 12.2 Å². The molecule has 7 heteroatoms. The third-order valence-corrected chi connectivity index (χ3v) is 2.61. The molecule has 0 aliphatic rings. The van der Waals surface area contributed by atoms with Crippen LogP contribution in [0.25, 0.3) is 0 Å². The van der Waals surface area contributed by atoms with Crippen LogP contribution in [0.3, 0.4) is 0 Å². The van der Waals surface area contributed by atoms with E-state index in [1.165, 1.54) is 19.9 Å². The van der Waals surface area contributed by atoms with Gasteiger partial charge in [0.1, 0.15) is 6.04 Å². The fraction of sp³-hybridized carbons (Fsp3) is 0.417. The number of hydrogen-bond acceptors (Lipinski definition) is 4. The molecule has 0 heterocycles. The summed E-state index contributed by atoms with van der Waals surface area (Å²) in [4.78, 5) is 11.1. The molecule has 0 aromatic heterocycles. The summed E-state index contributed by atoms with van der Waals surface area (Å²) in [5.74, 6) is -7.91. The summed E-state index contributed by atoms with van der Waals surface area (Å²) in [6.45, 7) is 2.48. The number of halogens is 3. The third-order valence-electron chi connectivity index (χ3n) is 2.61. The zero-order valence-corrected chi connectivity index (χ0v) is 10.4. The van der Waals surface area contributed by atoms with Gasteiger partial charge in [-0.3, -0.25) is 0 Å². The Kier molecular flexibility index (Phi) is 4.41. The SMILES string of the molecule is CCOC(=O)C(F)(F)[C@@H](N)c1ccc(C)c(F)c1O. The minimum Gasteiger partial charge on any atom is -0.505 e. The lowest BCUT2D eigenvalue weighted by molar-refractivity contribution is -0.174. The average molecular weight is 277 g/mol. The van der Waals surface area contributed by atoms with Gasteiger partial charge < -0.3 is 15.6 Å². The van der Waals surface area contributed by atoms with Crippen molar-refractivity contribution >= 4 is 5.97 Å². The Hall–Kier alpha value is -1.76. The van der Waals surface area contributed by atoms with Gasteiger partial charge in [-0.1, -0.05) is 12.1 Å². The molecule has 0 spiro atoms. The molecule has 1 atom stereocenters. The van der Waals surface area contributed by atoms with Crippen molar-refractivity contribution in [3.8, 4) is 5.75 Å². The standard InChI is InChI=1S/C12H14F3NO3/c1-3-19-11(18)12(14,15)10(16)7-5-4-6(2)8(13)9(7)17/h4-5,10,17H,3,16H2,1-2H3/t10-/m0/s1. The van der Waals surface area contributed by atoms with Crippen LogP contribution in [0.15, 0.2) is 12.1 Å². The fourth-order valence-corrected chi connectivity index (χ4v) is 1.48. The molecule has 106 valence electrons. The normalized spacial score (nSPS) is 13.2. The Morgan fingerprint density at radius 3 is 2.63 bits per heavy atom. The number of carbonyl (C=O) groups excluding carboxylic acids is 1. The van der Waals surface area contributed by atoms with Crippen molar-refractivity contribution in [1.82, 2.24) is 0 Å². The monoisotopic (exact) mass is 277 g/mol. The number of phenols is 1. The number of ether oxygens (including phenoxy) is 1. The summed E-state index contributed by atoms with van der Waals surface area (Å²) in [5.41, 5.74) is 4.77. The summed E-state index contributed by atoms with van der Waals surface area (Å²) in [6, 6.07) is 0.0402. The van der Waals surface area contributed by atoms with Crippen molar-refractivity contribution in [3.63, 3.8) is 0 Å². The van der Waals surface area contributed by atoms with Gasteiger partial charge in [-0.15, -0.1) is 0 Å². The van der Waals surface area contributed by atoms with Crippen LogP contribution in [-0.2, 0) is 9.53 Å². The molecule has 0 amide bonds. The van der Waals surface area contributed by atoms with E-state index >= 15 is 0 Å². The number of rotatable bonds is 4. The lowest BCUT2D eigenvalue weighted by Crippen LogP contribution is -2.41. The topological polar surface area (TPSA) is 72.5 Å². The highest BCUT2D eigenvalue weighted by molar-refractivity contribution is 5.79. The van der Waals surface area contributed by atoms with Gasteiger partial charge in [0.25, 0.3) is 0 Å². The van der Waals surface area contributed by atoms with Crippen LogP contribution in [-0.4, -0.2) is 23.6 Å². The summed E-state index contributed by atoms with van der Waals surface area (Å²) in [7, 11) is 0. The van der Waals surface area contributed by atoms with Crippen LogP contribution >= 0.6 is 0 Å². The van der Waals surface area contributed by atoms with Gasteiger partial charge in [0.15, 0.2) is 11.6 Å². The first-order valence-corrected chi connectivity index (χ1v) is 5.52. The minimum absolute atomic E-state index is 0.0768. The van der Waals surface area contributed by atoms with E-state index in [1.807, 2.05) is 0 Å². The van der Waals surface area contributed by atoms with Crippen molar-refractivity contribution in [3.05, 3.63) is 29.1 Å². The van der Waals surface area contributed by atoms with E-state index in [9.17, 15) is 23.1 Å². The van der Waals surface area contributed by atoms with Crippen molar-refractivity contribution in [1.29, 1.82) is 0 Å². The molecule has 0 aliphatic heterocycles. The summed E-state index contributed by atoms with van der Waals surface area (Å²) in [6.07, 6.45) is 0. The number of hydrogen-bond donors (Lipinski definition) is 2. The first kappa shape index (κ1) is 15.3. The van der Waals surface area contributed by atoms with Crippen molar-refractivity contribution in [2.24, 2.45) is 5.73 Å². The molecule has 0 fully saturated rings. The predicted molar refractivity (Wildman–Crippen MR) is 61.3 cm³/mol. The molecule has 19 heavy (non-hydrogen) atoms. The van der Waals surface area contributed by atoms with E-state index in [0.717, 1.165) is 6.07 Å². The summed E-state index contributed by atoms with van der Waals surface area (Å²) >= 11 is 0. The Morgan fingerprint density at radius 1 is 1.53 bits per heavy atom. The molecule has 0 unspecified atom stereocenters. The molecule has 3 N–H and O–H groups in total. The Morgan fingerprint density at radius 2 is 2.11 bits per heavy atom. The summed E-state index contributed by atoms with van der Waals surface area (Å²) < 4.78 is 44.9. The molecule has 0 saturated carbocycles. The largest absolute Gasteiger partial charge is 0.505 e. The third kappa shape index (κ3) is 2.81. The Bertz CT molecular complexity index is 491. The zero-order valence-electron chi connectivity index (χ0n) is 10.4. The molecule has 4 nitrogen and oxygen atoms in total. The highest BCUT2D eigenvalue weighted by Crippen LogP contribution is 2.36. The number of aromatic hydroxyl groups is 1. The lowest BCUT2D eigenvalue weighted by Gasteiger charge is -2.22. The maximum absolute atomic E-state index is 13.7. The van der Waals surface area contributed by atoms with Crippen LogP contribution in [0.4, 0.5) is 13.2 Å². The maximum atomic E-state index is 13.7. The van der Waals surface area contributed by atoms with E-state index in [4.69, 9.17) is 5.73 Å². The van der Waals surface area contributed by atoms with Gasteiger partial charge in [0, 0.05) is 5.56 Å². The highest BCUT2D eigenvalue weighted by Gasteiger charge is 2.48. The van der Waals surface area contributed by atoms with Gasteiger partial charge in [-0.05, 0) is 19.4 Å². The van der Waals surface area contributed by atoms with E-state index < -0.39 is 35.1 Å². The zero-order chi connectivity index (χ0) is 14.8.